The average Bonchev–Trinajstić information content (AvgIpc) is 2.10. The van der Waals surface area contributed by atoms with Crippen molar-refractivity contribution in [2.24, 2.45) is 0 Å². The van der Waals surface area contributed by atoms with E-state index in [0.717, 1.165) is 24.5 Å². The molecule has 0 aliphatic carbocycles. The molecule has 0 spiro atoms. The molecule has 1 unspecified atom stereocenters. The third-order valence-electron chi connectivity index (χ3n) is 1.74. The number of hydrogen-bond donors (Lipinski definition) is 1. The first kappa shape index (κ1) is 12.4. The fourth-order valence-corrected chi connectivity index (χ4v) is 1.89. The molecule has 1 N–H and O–H groups in total. The van der Waals surface area contributed by atoms with Crippen LogP contribution in [0.2, 0.25) is 5.28 Å². The van der Waals surface area contributed by atoms with Crippen molar-refractivity contribution < 1.29 is 4.21 Å². The molecule has 0 saturated heterocycles. The van der Waals surface area contributed by atoms with Crippen molar-refractivity contribution >= 4 is 28.2 Å². The highest BCUT2D eigenvalue weighted by Crippen LogP contribution is 2.09. The molecule has 0 amide bonds. The molecule has 4 nitrogen and oxygen atoms in total. The molecule has 1 aromatic rings. The molecular formula is C9H14ClN3OS. The lowest BCUT2D eigenvalue weighted by atomic mass is 10.4. The van der Waals surface area contributed by atoms with E-state index in [0.29, 0.717) is 5.75 Å². The predicted octanol–water partition coefficient (Wildman–Crippen LogP) is 1.62. The van der Waals surface area contributed by atoms with Crippen LogP contribution in [0.3, 0.4) is 0 Å². The Hall–Kier alpha value is -0.680. The second-order valence-electron chi connectivity index (χ2n) is 3.22. The number of hydrogen-bond acceptors (Lipinski definition) is 4. The van der Waals surface area contributed by atoms with Gasteiger partial charge in [-0.25, -0.2) is 9.97 Å². The largest absolute Gasteiger partial charge is 0.370 e. The standard InChI is InChI=1S/C9H14ClN3OS/c1-7-6-8(13-9(10)12-7)11-4-3-5-15(2)14/h6H,3-5H2,1-2H3,(H,11,12,13). The second kappa shape index (κ2) is 6.02. The third-order valence-corrected chi connectivity index (χ3v) is 2.77. The highest BCUT2D eigenvalue weighted by Gasteiger charge is 1.99. The van der Waals surface area contributed by atoms with Gasteiger partial charge in [-0.3, -0.25) is 4.21 Å². The Kier molecular flexibility index (Phi) is 4.98. The predicted molar refractivity (Wildman–Crippen MR) is 63.8 cm³/mol. The molecule has 0 saturated carbocycles. The molecule has 1 aromatic heterocycles. The van der Waals surface area contributed by atoms with Crippen molar-refractivity contribution in [3.63, 3.8) is 0 Å². The van der Waals surface area contributed by atoms with Gasteiger partial charge in [0, 0.05) is 41.1 Å². The van der Waals surface area contributed by atoms with Crippen LogP contribution in [-0.4, -0.2) is 32.7 Å². The number of halogens is 1. The lowest BCUT2D eigenvalue weighted by molar-refractivity contribution is 0.685. The summed E-state index contributed by atoms with van der Waals surface area (Å²) >= 11 is 5.70. The van der Waals surface area contributed by atoms with E-state index in [1.54, 1.807) is 6.26 Å². The molecule has 15 heavy (non-hydrogen) atoms. The first-order valence-electron chi connectivity index (χ1n) is 4.63. The molecule has 0 bridgehead atoms. The second-order valence-corrected chi connectivity index (χ2v) is 5.11. The summed E-state index contributed by atoms with van der Waals surface area (Å²) in [5.41, 5.74) is 0.830. The summed E-state index contributed by atoms with van der Waals surface area (Å²) in [4.78, 5) is 7.97. The van der Waals surface area contributed by atoms with Crippen molar-refractivity contribution in [3.05, 3.63) is 17.0 Å². The summed E-state index contributed by atoms with van der Waals surface area (Å²) in [6, 6.07) is 1.83. The van der Waals surface area contributed by atoms with Gasteiger partial charge in [-0.05, 0) is 24.9 Å². The van der Waals surface area contributed by atoms with E-state index >= 15 is 0 Å². The molecule has 0 radical (unpaired) electrons. The molecule has 1 heterocycles. The lowest BCUT2D eigenvalue weighted by Crippen LogP contribution is -2.07. The van der Waals surface area contributed by atoms with Gasteiger partial charge in [0.1, 0.15) is 5.82 Å². The Bertz CT molecular complexity index is 339. The topological polar surface area (TPSA) is 54.9 Å². The van der Waals surface area contributed by atoms with E-state index in [4.69, 9.17) is 11.6 Å². The maximum absolute atomic E-state index is 10.8. The molecule has 1 atom stereocenters. The maximum atomic E-state index is 10.8. The van der Waals surface area contributed by atoms with Gasteiger partial charge >= 0.3 is 0 Å². The zero-order valence-electron chi connectivity index (χ0n) is 8.79. The normalized spacial score (nSPS) is 12.5. The zero-order valence-corrected chi connectivity index (χ0v) is 10.4. The highest BCUT2D eigenvalue weighted by molar-refractivity contribution is 7.84. The van der Waals surface area contributed by atoms with Crippen LogP contribution in [0.25, 0.3) is 0 Å². The lowest BCUT2D eigenvalue weighted by Gasteiger charge is -2.05. The van der Waals surface area contributed by atoms with Crippen molar-refractivity contribution in [1.82, 2.24) is 9.97 Å². The van der Waals surface area contributed by atoms with Gasteiger partial charge in [-0.2, -0.15) is 0 Å². The Balaban J connectivity index is 2.40. The van der Waals surface area contributed by atoms with Gasteiger partial charge < -0.3 is 5.32 Å². The van der Waals surface area contributed by atoms with Gasteiger partial charge in [0.2, 0.25) is 5.28 Å². The van der Waals surface area contributed by atoms with Crippen molar-refractivity contribution in [1.29, 1.82) is 0 Å². The summed E-state index contributed by atoms with van der Waals surface area (Å²) < 4.78 is 10.8. The van der Waals surface area contributed by atoms with Crippen LogP contribution in [0, 0.1) is 6.92 Å². The Morgan fingerprint density at radius 1 is 1.53 bits per heavy atom. The number of nitrogens with zero attached hydrogens (tertiary/aromatic N) is 2. The smallest absolute Gasteiger partial charge is 0.224 e. The number of anilines is 1. The van der Waals surface area contributed by atoms with E-state index < -0.39 is 10.8 Å². The van der Waals surface area contributed by atoms with Gasteiger partial charge in [0.25, 0.3) is 0 Å². The van der Waals surface area contributed by atoms with Crippen LogP contribution in [0.1, 0.15) is 12.1 Å². The van der Waals surface area contributed by atoms with Crippen molar-refractivity contribution in [2.45, 2.75) is 13.3 Å². The molecule has 0 fully saturated rings. The van der Waals surface area contributed by atoms with Crippen LogP contribution in [0.15, 0.2) is 6.07 Å². The van der Waals surface area contributed by atoms with Gasteiger partial charge in [-0.15, -0.1) is 0 Å². The number of rotatable bonds is 5. The minimum absolute atomic E-state index is 0.247. The van der Waals surface area contributed by atoms with E-state index in [1.165, 1.54) is 0 Å². The summed E-state index contributed by atoms with van der Waals surface area (Å²) in [7, 11) is -0.731. The first-order valence-corrected chi connectivity index (χ1v) is 6.73. The maximum Gasteiger partial charge on any atom is 0.224 e. The Labute approximate surface area is 96.9 Å². The number of aromatic nitrogens is 2. The quantitative estimate of drug-likeness (QED) is 0.635. The van der Waals surface area contributed by atoms with Crippen LogP contribution in [0.5, 0.6) is 0 Å². The SMILES string of the molecule is Cc1cc(NCCCS(C)=O)nc(Cl)n1. The zero-order chi connectivity index (χ0) is 11.3. The van der Waals surface area contributed by atoms with E-state index in [9.17, 15) is 4.21 Å². The molecule has 0 aliphatic rings. The number of nitrogens with one attached hydrogen (secondary N) is 1. The van der Waals surface area contributed by atoms with Gasteiger partial charge in [0.05, 0.1) is 0 Å². The van der Waals surface area contributed by atoms with Crippen molar-refractivity contribution in [2.75, 3.05) is 23.9 Å². The first-order chi connectivity index (χ1) is 7.08. The van der Waals surface area contributed by atoms with Gasteiger partial charge in [-0.1, -0.05) is 0 Å². The van der Waals surface area contributed by atoms with E-state index in [1.807, 2.05) is 13.0 Å². The highest BCUT2D eigenvalue weighted by atomic mass is 35.5. The molecule has 84 valence electrons. The summed E-state index contributed by atoms with van der Waals surface area (Å²) in [5.74, 6) is 1.42. The molecule has 0 aliphatic heterocycles. The third kappa shape index (κ3) is 5.09. The van der Waals surface area contributed by atoms with Crippen LogP contribution < -0.4 is 5.32 Å². The fourth-order valence-electron chi connectivity index (χ4n) is 1.11. The van der Waals surface area contributed by atoms with Crippen molar-refractivity contribution in [3.8, 4) is 0 Å². The number of aryl methyl sites for hydroxylation is 1. The molecular weight excluding hydrogens is 234 g/mol. The molecule has 0 aromatic carbocycles. The van der Waals surface area contributed by atoms with Crippen LogP contribution in [-0.2, 0) is 10.8 Å². The Morgan fingerprint density at radius 3 is 2.87 bits per heavy atom. The Morgan fingerprint density at radius 2 is 2.27 bits per heavy atom. The van der Waals surface area contributed by atoms with Crippen LogP contribution >= 0.6 is 11.6 Å². The monoisotopic (exact) mass is 247 g/mol. The summed E-state index contributed by atoms with van der Waals surface area (Å²) in [5, 5.41) is 3.36. The fraction of sp³-hybridized carbons (Fsp3) is 0.556. The summed E-state index contributed by atoms with van der Waals surface area (Å²) in [6.07, 6.45) is 2.55. The summed E-state index contributed by atoms with van der Waals surface area (Å²) in [6.45, 7) is 2.60. The molecule has 1 rings (SSSR count). The molecule has 6 heteroatoms. The van der Waals surface area contributed by atoms with E-state index in [-0.39, 0.29) is 5.28 Å². The average molecular weight is 248 g/mol. The van der Waals surface area contributed by atoms with Gasteiger partial charge in [0.15, 0.2) is 0 Å². The minimum atomic E-state index is -0.731. The van der Waals surface area contributed by atoms with Crippen LogP contribution in [0.4, 0.5) is 5.82 Å². The van der Waals surface area contributed by atoms with E-state index in [2.05, 4.69) is 15.3 Å². The minimum Gasteiger partial charge on any atom is -0.370 e.